The summed E-state index contributed by atoms with van der Waals surface area (Å²) in [4.78, 5) is 39.7. The normalized spacial score (nSPS) is 15.0. The standard InChI is InChI=1S/C24H19ClN4O5S/c1-2-3-18-27-28-24(35-18)29-20(12-4-7-14(8-5-12)33-11-17(26)30)19-21(31)15-10-13(25)6-9-16(15)34-22(19)23(29)32/h4-10,20H,2-3,11H2,1H3,(H2,26,30). The number of primary amides is 1. The summed E-state index contributed by atoms with van der Waals surface area (Å²) < 4.78 is 11.3. The third-order valence-electron chi connectivity index (χ3n) is 5.54. The van der Waals surface area contributed by atoms with Gasteiger partial charge in [0.15, 0.2) is 12.0 Å². The number of hydrogen-bond donors (Lipinski definition) is 1. The van der Waals surface area contributed by atoms with Crippen molar-refractivity contribution in [1.29, 1.82) is 0 Å². The second-order valence-electron chi connectivity index (χ2n) is 7.94. The maximum atomic E-state index is 13.6. The van der Waals surface area contributed by atoms with E-state index in [2.05, 4.69) is 10.2 Å². The predicted molar refractivity (Wildman–Crippen MR) is 131 cm³/mol. The third-order valence-corrected chi connectivity index (χ3v) is 6.75. The molecule has 4 aromatic rings. The number of aromatic nitrogens is 2. The Bertz CT molecular complexity index is 1510. The zero-order valence-electron chi connectivity index (χ0n) is 18.5. The minimum Gasteiger partial charge on any atom is -0.484 e. The fourth-order valence-electron chi connectivity index (χ4n) is 4.02. The molecule has 178 valence electrons. The first-order chi connectivity index (χ1) is 16.9. The average molecular weight is 511 g/mol. The number of nitrogens with two attached hydrogens (primary N) is 1. The summed E-state index contributed by atoms with van der Waals surface area (Å²) >= 11 is 7.43. The van der Waals surface area contributed by atoms with Crippen molar-refractivity contribution in [3.8, 4) is 5.75 Å². The molecule has 35 heavy (non-hydrogen) atoms. The molecule has 9 nitrogen and oxygen atoms in total. The van der Waals surface area contributed by atoms with Gasteiger partial charge in [0.1, 0.15) is 16.3 Å². The molecule has 5 rings (SSSR count). The van der Waals surface area contributed by atoms with Gasteiger partial charge in [-0.1, -0.05) is 42.0 Å². The van der Waals surface area contributed by atoms with Crippen molar-refractivity contribution in [1.82, 2.24) is 10.2 Å². The van der Waals surface area contributed by atoms with Crippen LogP contribution in [0.1, 0.15) is 46.1 Å². The molecular weight excluding hydrogens is 492 g/mol. The topological polar surface area (TPSA) is 129 Å². The van der Waals surface area contributed by atoms with Crippen molar-refractivity contribution in [3.63, 3.8) is 0 Å². The second-order valence-corrected chi connectivity index (χ2v) is 9.42. The Labute approximate surface area is 208 Å². The quantitative estimate of drug-likeness (QED) is 0.399. The average Bonchev–Trinajstić information content (AvgIpc) is 3.41. The number of ether oxygens (including phenoxy) is 1. The number of hydrogen-bond acceptors (Lipinski definition) is 8. The van der Waals surface area contributed by atoms with Crippen molar-refractivity contribution >= 4 is 50.9 Å². The number of rotatable bonds is 7. The van der Waals surface area contributed by atoms with E-state index in [1.54, 1.807) is 36.4 Å². The Morgan fingerprint density at radius 3 is 2.69 bits per heavy atom. The van der Waals surface area contributed by atoms with E-state index in [0.29, 0.717) is 21.5 Å². The molecule has 2 aromatic carbocycles. The smallest absolute Gasteiger partial charge is 0.297 e. The highest BCUT2D eigenvalue weighted by molar-refractivity contribution is 7.15. The lowest BCUT2D eigenvalue weighted by Gasteiger charge is -2.22. The van der Waals surface area contributed by atoms with E-state index in [-0.39, 0.29) is 34.3 Å². The van der Waals surface area contributed by atoms with Crippen LogP contribution < -0.4 is 20.8 Å². The van der Waals surface area contributed by atoms with E-state index < -0.39 is 17.9 Å². The fraction of sp³-hybridized carbons (Fsp3) is 0.208. The number of carbonyl (C=O) groups is 2. The molecule has 0 aliphatic carbocycles. The summed E-state index contributed by atoms with van der Waals surface area (Å²) in [6, 6.07) is 10.6. The van der Waals surface area contributed by atoms with Crippen LogP contribution in [0.5, 0.6) is 5.75 Å². The molecule has 1 atom stereocenters. The van der Waals surface area contributed by atoms with Gasteiger partial charge in [0.05, 0.1) is 17.0 Å². The number of nitrogens with zero attached hydrogens (tertiary/aromatic N) is 3. The van der Waals surface area contributed by atoms with Crippen molar-refractivity contribution in [2.24, 2.45) is 5.73 Å². The molecule has 11 heteroatoms. The number of carbonyl (C=O) groups excluding carboxylic acids is 2. The molecule has 2 N–H and O–H groups in total. The summed E-state index contributed by atoms with van der Waals surface area (Å²) in [7, 11) is 0. The van der Waals surface area contributed by atoms with Crippen LogP contribution in [0.4, 0.5) is 5.13 Å². The number of benzene rings is 2. The summed E-state index contributed by atoms with van der Waals surface area (Å²) in [6.07, 6.45) is 1.61. The lowest BCUT2D eigenvalue weighted by molar-refractivity contribution is -0.119. The van der Waals surface area contributed by atoms with Crippen LogP contribution >= 0.6 is 22.9 Å². The van der Waals surface area contributed by atoms with E-state index in [1.165, 1.54) is 22.3 Å². The maximum Gasteiger partial charge on any atom is 0.297 e. The van der Waals surface area contributed by atoms with Crippen LogP contribution in [-0.2, 0) is 11.2 Å². The monoisotopic (exact) mass is 510 g/mol. The molecule has 0 saturated carbocycles. The van der Waals surface area contributed by atoms with Gasteiger partial charge in [0, 0.05) is 11.4 Å². The van der Waals surface area contributed by atoms with E-state index in [4.69, 9.17) is 26.5 Å². The van der Waals surface area contributed by atoms with Crippen molar-refractivity contribution in [2.45, 2.75) is 25.8 Å². The second kappa shape index (κ2) is 9.12. The minimum atomic E-state index is -0.801. The molecule has 0 saturated heterocycles. The molecule has 0 fully saturated rings. The minimum absolute atomic E-state index is 0.0453. The van der Waals surface area contributed by atoms with Crippen LogP contribution in [0.15, 0.2) is 51.7 Å². The van der Waals surface area contributed by atoms with Crippen molar-refractivity contribution < 1.29 is 18.7 Å². The van der Waals surface area contributed by atoms with Gasteiger partial charge in [-0.05, 0) is 42.3 Å². The van der Waals surface area contributed by atoms with Crippen LogP contribution in [0, 0.1) is 0 Å². The zero-order valence-corrected chi connectivity index (χ0v) is 20.1. The van der Waals surface area contributed by atoms with Gasteiger partial charge in [-0.3, -0.25) is 19.3 Å². The van der Waals surface area contributed by atoms with Crippen LogP contribution in [0.2, 0.25) is 5.02 Å². The summed E-state index contributed by atoms with van der Waals surface area (Å²) in [5, 5.41) is 10.3. The number of halogens is 1. The lowest BCUT2D eigenvalue weighted by atomic mass is 9.98. The Morgan fingerprint density at radius 2 is 1.97 bits per heavy atom. The molecular formula is C24H19ClN4O5S. The largest absolute Gasteiger partial charge is 0.484 e. The summed E-state index contributed by atoms with van der Waals surface area (Å²) in [6.45, 7) is 1.76. The highest BCUT2D eigenvalue weighted by Crippen LogP contribution is 2.42. The van der Waals surface area contributed by atoms with Crippen LogP contribution in [0.25, 0.3) is 11.0 Å². The molecule has 3 heterocycles. The van der Waals surface area contributed by atoms with E-state index in [9.17, 15) is 14.4 Å². The van der Waals surface area contributed by atoms with E-state index in [1.807, 2.05) is 6.92 Å². The third kappa shape index (κ3) is 4.15. The number of amides is 2. The summed E-state index contributed by atoms with van der Waals surface area (Å²) in [5.41, 5.74) is 5.89. The van der Waals surface area contributed by atoms with Gasteiger partial charge in [0.25, 0.3) is 11.8 Å². The van der Waals surface area contributed by atoms with Gasteiger partial charge >= 0.3 is 0 Å². The van der Waals surface area contributed by atoms with E-state index >= 15 is 0 Å². The Balaban J connectivity index is 1.67. The molecule has 2 amide bonds. The zero-order chi connectivity index (χ0) is 24.7. The SMILES string of the molecule is CCCc1nnc(N2C(=O)c3oc4ccc(Cl)cc4c(=O)c3C2c2ccc(OCC(N)=O)cc2)s1. The first-order valence-corrected chi connectivity index (χ1v) is 12.0. The molecule has 1 aliphatic rings. The first kappa shape index (κ1) is 23.0. The lowest BCUT2D eigenvalue weighted by Crippen LogP contribution is -2.29. The Hall–Kier alpha value is -3.76. The van der Waals surface area contributed by atoms with Crippen molar-refractivity contribution in [2.75, 3.05) is 11.5 Å². The maximum absolute atomic E-state index is 13.6. The molecule has 0 spiro atoms. The van der Waals surface area contributed by atoms with Gasteiger partial charge in [0.2, 0.25) is 10.9 Å². The van der Waals surface area contributed by atoms with Gasteiger partial charge < -0.3 is 14.9 Å². The molecule has 2 aromatic heterocycles. The number of fused-ring (bicyclic) bond motifs is 2. The van der Waals surface area contributed by atoms with Gasteiger partial charge in [-0.25, -0.2) is 0 Å². The molecule has 0 bridgehead atoms. The number of aryl methyl sites for hydroxylation is 1. The molecule has 1 unspecified atom stereocenters. The van der Waals surface area contributed by atoms with E-state index in [0.717, 1.165) is 17.8 Å². The van der Waals surface area contributed by atoms with Gasteiger partial charge in [-0.15, -0.1) is 10.2 Å². The predicted octanol–water partition coefficient (Wildman–Crippen LogP) is 3.86. The van der Waals surface area contributed by atoms with Crippen LogP contribution in [0.3, 0.4) is 0 Å². The van der Waals surface area contributed by atoms with Gasteiger partial charge in [-0.2, -0.15) is 0 Å². The Morgan fingerprint density at radius 1 is 1.20 bits per heavy atom. The fourth-order valence-corrected chi connectivity index (χ4v) is 5.15. The van der Waals surface area contributed by atoms with Crippen molar-refractivity contribution in [3.05, 3.63) is 79.6 Å². The highest BCUT2D eigenvalue weighted by Gasteiger charge is 2.45. The number of anilines is 1. The summed E-state index contributed by atoms with van der Waals surface area (Å²) in [5.74, 6) is -0.705. The molecule has 1 aliphatic heterocycles. The Kier molecular flexibility index (Phi) is 6.00. The molecule has 0 radical (unpaired) electrons. The first-order valence-electron chi connectivity index (χ1n) is 10.8. The van der Waals surface area contributed by atoms with Crippen LogP contribution in [-0.4, -0.2) is 28.6 Å². The highest BCUT2D eigenvalue weighted by atomic mass is 35.5.